The highest BCUT2D eigenvalue weighted by Crippen LogP contribution is 2.42. The monoisotopic (exact) mass is 294 g/mol. The normalized spacial score (nSPS) is 39.9. The molecule has 4 unspecified atom stereocenters. The van der Waals surface area contributed by atoms with E-state index in [0.29, 0.717) is 18.9 Å². The van der Waals surface area contributed by atoms with Crippen molar-refractivity contribution in [1.82, 2.24) is 10.2 Å². The molecule has 3 rings (SSSR count). The van der Waals surface area contributed by atoms with Crippen LogP contribution in [0.25, 0.3) is 0 Å². The van der Waals surface area contributed by atoms with E-state index < -0.39 is 17.4 Å². The smallest absolute Gasteiger partial charge is 0.326 e. The molecule has 1 saturated carbocycles. The van der Waals surface area contributed by atoms with Gasteiger partial charge in [0.2, 0.25) is 5.91 Å². The summed E-state index contributed by atoms with van der Waals surface area (Å²) in [6.07, 6.45) is 6.84. The minimum Gasteiger partial charge on any atom is -0.480 e. The van der Waals surface area contributed by atoms with E-state index in [9.17, 15) is 14.7 Å². The average Bonchev–Trinajstić information content (AvgIpc) is 2.86. The second-order valence-electron chi connectivity index (χ2n) is 7.26. The average molecular weight is 294 g/mol. The van der Waals surface area contributed by atoms with E-state index in [1.807, 2.05) is 6.92 Å². The number of carboxylic acid groups (broad SMARTS) is 1. The fourth-order valence-corrected chi connectivity index (χ4v) is 4.52. The van der Waals surface area contributed by atoms with Crippen molar-refractivity contribution >= 4 is 11.9 Å². The van der Waals surface area contributed by atoms with Gasteiger partial charge in [-0.25, -0.2) is 4.79 Å². The molecule has 4 atom stereocenters. The van der Waals surface area contributed by atoms with E-state index in [4.69, 9.17) is 0 Å². The summed E-state index contributed by atoms with van der Waals surface area (Å²) in [5.74, 6) is -0.370. The Bertz CT molecular complexity index is 431. The molecule has 0 spiro atoms. The van der Waals surface area contributed by atoms with Gasteiger partial charge in [-0.05, 0) is 51.5 Å². The predicted octanol–water partition coefficient (Wildman–Crippen LogP) is 1.62. The highest BCUT2D eigenvalue weighted by atomic mass is 16.4. The summed E-state index contributed by atoms with van der Waals surface area (Å²) in [6.45, 7) is 3.62. The van der Waals surface area contributed by atoms with Crippen molar-refractivity contribution < 1.29 is 14.7 Å². The molecule has 118 valence electrons. The molecule has 1 aliphatic carbocycles. The number of likely N-dealkylation sites (tertiary alicyclic amines) is 1. The summed E-state index contributed by atoms with van der Waals surface area (Å²) < 4.78 is 0. The molecule has 0 aromatic carbocycles. The van der Waals surface area contributed by atoms with Crippen LogP contribution in [0.15, 0.2) is 0 Å². The molecule has 0 radical (unpaired) electrons. The van der Waals surface area contributed by atoms with Gasteiger partial charge in [-0.2, -0.15) is 0 Å². The first-order valence-electron chi connectivity index (χ1n) is 8.29. The van der Waals surface area contributed by atoms with Crippen LogP contribution in [0.2, 0.25) is 0 Å². The Labute approximate surface area is 126 Å². The van der Waals surface area contributed by atoms with Crippen LogP contribution in [0.5, 0.6) is 0 Å². The lowest BCUT2D eigenvalue weighted by atomic mass is 9.80. The molecule has 5 nitrogen and oxygen atoms in total. The Balaban J connectivity index is 1.85. The van der Waals surface area contributed by atoms with Crippen LogP contribution in [0, 0.1) is 11.3 Å². The van der Waals surface area contributed by atoms with Crippen molar-refractivity contribution in [2.75, 3.05) is 13.1 Å². The van der Waals surface area contributed by atoms with Gasteiger partial charge in [0, 0.05) is 12.6 Å². The van der Waals surface area contributed by atoms with Crippen molar-refractivity contribution in [3.05, 3.63) is 0 Å². The summed E-state index contributed by atoms with van der Waals surface area (Å²) in [6, 6.07) is -0.449. The largest absolute Gasteiger partial charge is 0.480 e. The van der Waals surface area contributed by atoms with Crippen LogP contribution in [-0.2, 0) is 9.59 Å². The van der Waals surface area contributed by atoms with Gasteiger partial charge < -0.3 is 15.3 Å². The standard InChI is InChI=1S/C16H26N2O3/c1-16(7-4-8-17-10-16)15(21)18-12-6-3-2-5-11(12)9-13(18)14(19)20/h11-13,17H,2-10H2,1H3,(H,19,20). The number of hydrogen-bond acceptors (Lipinski definition) is 3. The summed E-state index contributed by atoms with van der Waals surface area (Å²) >= 11 is 0. The van der Waals surface area contributed by atoms with Gasteiger partial charge in [0.15, 0.2) is 0 Å². The van der Waals surface area contributed by atoms with Crippen molar-refractivity contribution in [1.29, 1.82) is 0 Å². The minimum absolute atomic E-state index is 0.0662. The molecule has 0 aromatic heterocycles. The molecular formula is C16H26N2O3. The number of fused-ring (bicyclic) bond motifs is 1. The van der Waals surface area contributed by atoms with Crippen LogP contribution in [0.1, 0.15) is 51.9 Å². The van der Waals surface area contributed by atoms with E-state index in [-0.39, 0.29) is 11.9 Å². The van der Waals surface area contributed by atoms with E-state index in [2.05, 4.69) is 5.32 Å². The lowest BCUT2D eigenvalue weighted by Gasteiger charge is -2.41. The maximum atomic E-state index is 13.1. The van der Waals surface area contributed by atoms with Crippen molar-refractivity contribution in [2.24, 2.45) is 11.3 Å². The van der Waals surface area contributed by atoms with Crippen molar-refractivity contribution in [3.8, 4) is 0 Å². The third-order valence-corrected chi connectivity index (χ3v) is 5.72. The second-order valence-corrected chi connectivity index (χ2v) is 7.26. The van der Waals surface area contributed by atoms with Crippen LogP contribution in [0.3, 0.4) is 0 Å². The van der Waals surface area contributed by atoms with E-state index in [1.165, 1.54) is 6.42 Å². The zero-order valence-electron chi connectivity index (χ0n) is 12.8. The number of nitrogens with one attached hydrogen (secondary N) is 1. The van der Waals surface area contributed by atoms with Crippen LogP contribution >= 0.6 is 0 Å². The maximum absolute atomic E-state index is 13.1. The zero-order valence-corrected chi connectivity index (χ0v) is 12.8. The molecule has 3 aliphatic rings. The SMILES string of the molecule is CC1(C(=O)N2C(C(=O)O)CC3CCCCC32)CCCNC1. The number of nitrogens with zero attached hydrogens (tertiary/aromatic N) is 1. The van der Waals surface area contributed by atoms with Crippen LogP contribution in [-0.4, -0.2) is 47.1 Å². The zero-order chi connectivity index (χ0) is 15.0. The van der Waals surface area contributed by atoms with Gasteiger partial charge >= 0.3 is 5.97 Å². The van der Waals surface area contributed by atoms with E-state index in [1.54, 1.807) is 4.90 Å². The van der Waals surface area contributed by atoms with Crippen LogP contribution in [0.4, 0.5) is 0 Å². The van der Waals surface area contributed by atoms with E-state index in [0.717, 1.165) is 38.6 Å². The van der Waals surface area contributed by atoms with Gasteiger partial charge in [0.1, 0.15) is 6.04 Å². The number of aliphatic carboxylic acids is 1. The van der Waals surface area contributed by atoms with E-state index >= 15 is 0 Å². The summed E-state index contributed by atoms with van der Waals surface area (Å²) in [4.78, 5) is 26.5. The van der Waals surface area contributed by atoms with Gasteiger partial charge in [-0.15, -0.1) is 0 Å². The van der Waals surface area contributed by atoms with Crippen molar-refractivity contribution in [3.63, 3.8) is 0 Å². The highest BCUT2D eigenvalue weighted by Gasteiger charge is 2.51. The molecule has 1 amide bonds. The first-order valence-corrected chi connectivity index (χ1v) is 8.29. The summed E-state index contributed by atoms with van der Waals surface area (Å²) in [7, 11) is 0. The number of carbonyl (C=O) groups is 2. The Kier molecular flexibility index (Phi) is 3.95. The fourth-order valence-electron chi connectivity index (χ4n) is 4.52. The van der Waals surface area contributed by atoms with Crippen molar-refractivity contribution in [2.45, 2.75) is 64.0 Å². The van der Waals surface area contributed by atoms with Gasteiger partial charge in [-0.3, -0.25) is 4.79 Å². The van der Waals surface area contributed by atoms with Gasteiger partial charge in [-0.1, -0.05) is 12.8 Å². The summed E-state index contributed by atoms with van der Waals surface area (Å²) in [5.41, 5.74) is -0.432. The first-order chi connectivity index (χ1) is 10.0. The molecule has 2 aliphatic heterocycles. The first kappa shape index (κ1) is 14.8. The Morgan fingerprint density at radius 3 is 2.67 bits per heavy atom. The molecular weight excluding hydrogens is 268 g/mol. The third-order valence-electron chi connectivity index (χ3n) is 5.72. The molecule has 2 saturated heterocycles. The molecule has 5 heteroatoms. The number of carboxylic acids is 1. The van der Waals surface area contributed by atoms with Gasteiger partial charge in [0.25, 0.3) is 0 Å². The third kappa shape index (κ3) is 2.56. The second kappa shape index (κ2) is 5.59. The Morgan fingerprint density at radius 2 is 2.00 bits per heavy atom. The molecule has 3 fully saturated rings. The molecule has 21 heavy (non-hydrogen) atoms. The van der Waals surface area contributed by atoms with Gasteiger partial charge in [0.05, 0.1) is 5.41 Å². The number of rotatable bonds is 2. The lowest BCUT2D eigenvalue weighted by molar-refractivity contribution is -0.155. The molecule has 2 N–H and O–H groups in total. The maximum Gasteiger partial charge on any atom is 0.326 e. The highest BCUT2D eigenvalue weighted by molar-refractivity contribution is 5.88. The summed E-state index contributed by atoms with van der Waals surface area (Å²) in [5, 5.41) is 12.9. The molecule has 0 bridgehead atoms. The Morgan fingerprint density at radius 1 is 1.24 bits per heavy atom. The molecule has 2 heterocycles. The minimum atomic E-state index is -0.829. The lowest BCUT2D eigenvalue weighted by Crippen LogP contribution is -2.55. The topological polar surface area (TPSA) is 69.6 Å². The quantitative estimate of drug-likeness (QED) is 0.812. The number of amides is 1. The number of hydrogen-bond donors (Lipinski definition) is 2. The van der Waals surface area contributed by atoms with Crippen LogP contribution < -0.4 is 5.32 Å². The Hall–Kier alpha value is -1.10. The predicted molar refractivity (Wildman–Crippen MR) is 78.8 cm³/mol. The number of piperidine rings is 1. The fraction of sp³-hybridized carbons (Fsp3) is 0.875. The number of carbonyl (C=O) groups excluding carboxylic acids is 1. The molecule has 0 aromatic rings.